The second-order valence-corrected chi connectivity index (χ2v) is 8.17. The van der Waals surface area contributed by atoms with Crippen molar-refractivity contribution in [2.45, 2.75) is 27.3 Å². The van der Waals surface area contributed by atoms with Crippen molar-refractivity contribution in [1.82, 2.24) is 9.78 Å². The van der Waals surface area contributed by atoms with Crippen LogP contribution in [-0.4, -0.2) is 28.0 Å². The molecule has 0 saturated carbocycles. The van der Waals surface area contributed by atoms with Gasteiger partial charge in [-0.25, -0.2) is 9.18 Å². The molecule has 29 heavy (non-hydrogen) atoms. The van der Waals surface area contributed by atoms with Gasteiger partial charge in [0, 0.05) is 4.88 Å². The van der Waals surface area contributed by atoms with E-state index in [9.17, 15) is 9.18 Å². The molecule has 2 N–H and O–H groups in total. The largest absolute Gasteiger partial charge is 0.465 e. The molecule has 152 valence electrons. The number of hydrogen-bond donors (Lipinski definition) is 2. The highest BCUT2D eigenvalue weighted by Crippen LogP contribution is 2.29. The van der Waals surface area contributed by atoms with Gasteiger partial charge in [-0.15, -0.1) is 11.3 Å². The van der Waals surface area contributed by atoms with Gasteiger partial charge in [0.25, 0.3) is 0 Å². The highest BCUT2D eigenvalue weighted by atomic mass is 32.1. The lowest BCUT2D eigenvalue weighted by atomic mass is 10.2. The molecule has 0 radical (unpaired) electrons. The minimum absolute atomic E-state index is 0.277. The topological polar surface area (TPSA) is 68.2 Å². The van der Waals surface area contributed by atoms with Crippen LogP contribution >= 0.6 is 23.6 Å². The number of benzene rings is 1. The Hall–Kier alpha value is -2.78. The normalized spacial score (nSPS) is 10.7. The van der Waals surface area contributed by atoms with E-state index in [0.717, 1.165) is 27.5 Å². The van der Waals surface area contributed by atoms with Gasteiger partial charge in [0.2, 0.25) is 0 Å². The number of carbonyl (C=O) groups excluding carboxylic acids is 1. The molecule has 6 nitrogen and oxygen atoms in total. The number of aromatic nitrogens is 2. The van der Waals surface area contributed by atoms with Gasteiger partial charge in [-0.05, 0) is 56.8 Å². The molecule has 0 aliphatic rings. The number of halogens is 1. The SMILES string of the molecule is COC(=O)c1cc(C)sc1NC(=S)Nc1c(C)nn(Cc2cccc(F)c2)c1C. The zero-order valence-corrected chi connectivity index (χ0v) is 18.1. The summed E-state index contributed by atoms with van der Waals surface area (Å²) in [6, 6.07) is 8.19. The summed E-state index contributed by atoms with van der Waals surface area (Å²) in [5.74, 6) is -0.699. The summed E-state index contributed by atoms with van der Waals surface area (Å²) in [6.45, 7) is 6.14. The summed E-state index contributed by atoms with van der Waals surface area (Å²) < 4.78 is 20.1. The van der Waals surface area contributed by atoms with E-state index in [0.29, 0.717) is 22.2 Å². The number of thiocarbonyl (C=S) groups is 1. The zero-order chi connectivity index (χ0) is 21.1. The Kier molecular flexibility index (Phi) is 6.29. The van der Waals surface area contributed by atoms with E-state index < -0.39 is 5.97 Å². The first-order valence-electron chi connectivity index (χ1n) is 8.83. The number of rotatable bonds is 5. The van der Waals surface area contributed by atoms with E-state index in [1.54, 1.807) is 16.8 Å². The number of nitrogens with one attached hydrogen (secondary N) is 2. The average molecular weight is 433 g/mol. The predicted molar refractivity (Wildman–Crippen MR) is 117 cm³/mol. The number of carbonyl (C=O) groups is 1. The molecule has 3 rings (SSSR count). The molecule has 0 aliphatic heterocycles. The fourth-order valence-corrected chi connectivity index (χ4v) is 4.13. The Morgan fingerprint density at radius 2 is 2.03 bits per heavy atom. The van der Waals surface area contributed by atoms with Gasteiger partial charge in [-0.1, -0.05) is 12.1 Å². The van der Waals surface area contributed by atoms with Gasteiger partial charge >= 0.3 is 5.97 Å². The van der Waals surface area contributed by atoms with Crippen molar-refractivity contribution >= 4 is 45.3 Å². The Morgan fingerprint density at radius 1 is 1.28 bits per heavy atom. The van der Waals surface area contributed by atoms with Crippen LogP contribution in [0.15, 0.2) is 30.3 Å². The van der Waals surface area contributed by atoms with Crippen LogP contribution in [0.1, 0.15) is 32.2 Å². The van der Waals surface area contributed by atoms with Crippen LogP contribution in [0.2, 0.25) is 0 Å². The number of aryl methyl sites for hydroxylation is 2. The van der Waals surface area contributed by atoms with Crippen molar-refractivity contribution in [2.24, 2.45) is 0 Å². The summed E-state index contributed by atoms with van der Waals surface area (Å²) in [6.07, 6.45) is 0. The molecule has 0 aliphatic carbocycles. The third kappa shape index (κ3) is 4.80. The summed E-state index contributed by atoms with van der Waals surface area (Å²) in [7, 11) is 1.34. The van der Waals surface area contributed by atoms with Crippen molar-refractivity contribution in [3.63, 3.8) is 0 Å². The maximum absolute atomic E-state index is 13.5. The van der Waals surface area contributed by atoms with Crippen LogP contribution < -0.4 is 10.6 Å². The van der Waals surface area contributed by atoms with Crippen LogP contribution in [0.3, 0.4) is 0 Å². The van der Waals surface area contributed by atoms with Crippen molar-refractivity contribution in [1.29, 1.82) is 0 Å². The van der Waals surface area contributed by atoms with E-state index in [1.165, 1.54) is 30.6 Å². The number of esters is 1. The number of methoxy groups -OCH3 is 1. The highest BCUT2D eigenvalue weighted by Gasteiger charge is 2.18. The summed E-state index contributed by atoms with van der Waals surface area (Å²) in [5, 5.41) is 11.7. The van der Waals surface area contributed by atoms with Gasteiger partial charge in [-0.2, -0.15) is 5.10 Å². The molecule has 0 unspecified atom stereocenters. The smallest absolute Gasteiger partial charge is 0.340 e. The molecular formula is C20H21FN4O2S2. The second kappa shape index (κ2) is 8.71. The number of hydrogen-bond acceptors (Lipinski definition) is 5. The first-order chi connectivity index (χ1) is 13.8. The van der Waals surface area contributed by atoms with Gasteiger partial charge in [0.15, 0.2) is 5.11 Å². The second-order valence-electron chi connectivity index (χ2n) is 6.50. The van der Waals surface area contributed by atoms with Gasteiger partial charge in [0.1, 0.15) is 10.8 Å². The monoisotopic (exact) mass is 432 g/mol. The summed E-state index contributed by atoms with van der Waals surface area (Å²) >= 11 is 6.85. The molecule has 9 heteroatoms. The summed E-state index contributed by atoms with van der Waals surface area (Å²) in [4.78, 5) is 12.9. The van der Waals surface area contributed by atoms with Crippen LogP contribution in [-0.2, 0) is 11.3 Å². The minimum atomic E-state index is -0.421. The molecule has 0 fully saturated rings. The minimum Gasteiger partial charge on any atom is -0.465 e. The number of thiophene rings is 1. The van der Waals surface area contributed by atoms with Crippen molar-refractivity contribution < 1.29 is 13.9 Å². The molecule has 0 spiro atoms. The lowest BCUT2D eigenvalue weighted by Gasteiger charge is -2.11. The van der Waals surface area contributed by atoms with Crippen LogP contribution in [0.5, 0.6) is 0 Å². The van der Waals surface area contributed by atoms with Gasteiger partial charge in [-0.3, -0.25) is 4.68 Å². The molecule has 1 aromatic carbocycles. The van der Waals surface area contributed by atoms with E-state index in [1.807, 2.05) is 26.8 Å². The lowest BCUT2D eigenvalue weighted by molar-refractivity contribution is 0.0602. The van der Waals surface area contributed by atoms with Gasteiger partial charge < -0.3 is 15.4 Å². The molecule has 2 aromatic heterocycles. The number of nitrogens with zero attached hydrogens (tertiary/aromatic N) is 2. The van der Waals surface area contributed by atoms with Crippen LogP contribution in [0.25, 0.3) is 0 Å². The van der Waals surface area contributed by atoms with E-state index >= 15 is 0 Å². The standard InChI is InChI=1S/C20H21FN4O2S2/c1-11-8-16(19(26)27-4)18(29-11)23-20(28)22-17-12(2)24-25(13(17)3)10-14-6-5-7-15(21)9-14/h5-9H,10H2,1-4H3,(H2,22,23,28). The van der Waals surface area contributed by atoms with Crippen LogP contribution in [0.4, 0.5) is 15.1 Å². The molecular weight excluding hydrogens is 411 g/mol. The lowest BCUT2D eigenvalue weighted by Crippen LogP contribution is -2.20. The first-order valence-corrected chi connectivity index (χ1v) is 10.1. The fraction of sp³-hybridized carbons (Fsp3) is 0.250. The highest BCUT2D eigenvalue weighted by molar-refractivity contribution is 7.80. The molecule has 0 saturated heterocycles. The zero-order valence-electron chi connectivity index (χ0n) is 16.5. The fourth-order valence-electron chi connectivity index (χ4n) is 2.96. The van der Waals surface area contributed by atoms with Gasteiger partial charge in [0.05, 0.1) is 36.3 Å². The van der Waals surface area contributed by atoms with E-state index in [-0.39, 0.29) is 5.82 Å². The maximum atomic E-state index is 13.5. The Balaban J connectivity index is 1.76. The average Bonchev–Trinajstić information content (AvgIpc) is 3.15. The van der Waals surface area contributed by atoms with Crippen molar-refractivity contribution in [2.75, 3.05) is 17.7 Å². The first kappa shape index (κ1) is 20.9. The maximum Gasteiger partial charge on any atom is 0.340 e. The van der Waals surface area contributed by atoms with Crippen molar-refractivity contribution in [3.05, 3.63) is 63.5 Å². The number of ether oxygens (including phenoxy) is 1. The molecule has 0 bridgehead atoms. The van der Waals surface area contributed by atoms with Crippen LogP contribution in [0, 0.1) is 26.6 Å². The Bertz CT molecular complexity index is 1070. The molecule has 0 amide bonds. The predicted octanol–water partition coefficient (Wildman–Crippen LogP) is 4.65. The third-order valence-corrected chi connectivity index (χ3v) is 5.50. The Morgan fingerprint density at radius 3 is 2.72 bits per heavy atom. The third-order valence-electron chi connectivity index (χ3n) is 4.33. The molecule has 0 atom stereocenters. The van der Waals surface area contributed by atoms with Crippen molar-refractivity contribution in [3.8, 4) is 0 Å². The Labute approximate surface area is 177 Å². The molecule has 3 aromatic rings. The summed E-state index contributed by atoms with van der Waals surface area (Å²) in [5.41, 5.74) is 3.66. The van der Waals surface area contributed by atoms with E-state index in [2.05, 4.69) is 15.7 Å². The van der Waals surface area contributed by atoms with E-state index in [4.69, 9.17) is 17.0 Å². The molecule has 2 heterocycles. The quantitative estimate of drug-likeness (QED) is 0.452. The number of anilines is 2.